The fourth-order valence-electron chi connectivity index (χ4n) is 3.98. The number of morpholine rings is 1. The molecule has 0 spiro atoms. The summed E-state index contributed by atoms with van der Waals surface area (Å²) in [5.41, 5.74) is 6.11. The van der Waals surface area contributed by atoms with Gasteiger partial charge in [-0.15, -0.1) is 0 Å². The molecular weight excluding hydrogens is 372 g/mol. The van der Waals surface area contributed by atoms with Crippen molar-refractivity contribution < 1.29 is 9.53 Å². The lowest BCUT2D eigenvalue weighted by atomic mass is 9.96. The Morgan fingerprint density at radius 2 is 1.57 bits per heavy atom. The molecule has 0 radical (unpaired) electrons. The first-order valence-corrected chi connectivity index (χ1v) is 10.2. The Morgan fingerprint density at radius 3 is 2.40 bits per heavy atom. The molecule has 0 unspecified atom stereocenters. The van der Waals surface area contributed by atoms with Gasteiger partial charge in [-0.3, -0.25) is 9.78 Å². The average molecular weight is 394 g/mol. The van der Waals surface area contributed by atoms with Crippen molar-refractivity contribution in [2.24, 2.45) is 0 Å². The highest BCUT2D eigenvalue weighted by Gasteiger charge is 2.19. The molecule has 30 heavy (non-hydrogen) atoms. The molecule has 1 aliphatic rings. The third kappa shape index (κ3) is 3.58. The fourth-order valence-corrected chi connectivity index (χ4v) is 3.98. The van der Waals surface area contributed by atoms with Crippen molar-refractivity contribution in [2.75, 3.05) is 26.3 Å². The normalized spacial score (nSPS) is 14.1. The number of ether oxygens (including phenoxy) is 1. The Morgan fingerprint density at radius 1 is 0.800 bits per heavy atom. The molecule has 0 atom stereocenters. The highest BCUT2D eigenvalue weighted by Crippen LogP contribution is 2.31. The lowest BCUT2D eigenvalue weighted by Crippen LogP contribution is -2.40. The summed E-state index contributed by atoms with van der Waals surface area (Å²) in [6.07, 6.45) is 1.83. The van der Waals surface area contributed by atoms with Crippen LogP contribution in [-0.4, -0.2) is 42.1 Å². The summed E-state index contributed by atoms with van der Waals surface area (Å²) in [6, 6.07) is 26.7. The van der Waals surface area contributed by atoms with Crippen LogP contribution in [0.25, 0.3) is 33.2 Å². The van der Waals surface area contributed by atoms with E-state index < -0.39 is 0 Å². The van der Waals surface area contributed by atoms with Crippen LogP contribution in [0.5, 0.6) is 0 Å². The zero-order valence-electron chi connectivity index (χ0n) is 16.6. The SMILES string of the molecule is O=C(c1ccc2nccc(-c3cccc(-c4ccccc4)c3)c2c1)N1CCOCC1. The highest BCUT2D eigenvalue weighted by atomic mass is 16.5. The predicted molar refractivity (Wildman–Crippen MR) is 119 cm³/mol. The van der Waals surface area contributed by atoms with Gasteiger partial charge < -0.3 is 9.64 Å². The summed E-state index contributed by atoms with van der Waals surface area (Å²) in [7, 11) is 0. The number of amides is 1. The van der Waals surface area contributed by atoms with E-state index in [-0.39, 0.29) is 5.91 Å². The molecule has 1 amide bonds. The number of hydrogen-bond donors (Lipinski definition) is 0. The monoisotopic (exact) mass is 394 g/mol. The highest BCUT2D eigenvalue weighted by molar-refractivity contribution is 6.02. The first-order valence-electron chi connectivity index (χ1n) is 10.2. The van der Waals surface area contributed by atoms with Crippen molar-refractivity contribution in [3.63, 3.8) is 0 Å². The molecule has 0 N–H and O–H groups in total. The number of rotatable bonds is 3. The third-order valence-corrected chi connectivity index (χ3v) is 5.57. The maximum Gasteiger partial charge on any atom is 0.254 e. The summed E-state index contributed by atoms with van der Waals surface area (Å²) in [6.45, 7) is 2.46. The Hall–Kier alpha value is -3.50. The summed E-state index contributed by atoms with van der Waals surface area (Å²) >= 11 is 0. The second-order valence-corrected chi connectivity index (χ2v) is 7.44. The Kier molecular flexibility index (Phi) is 4.99. The molecule has 148 valence electrons. The Labute approximate surface area is 175 Å². The minimum atomic E-state index is 0.0491. The Balaban J connectivity index is 1.57. The molecular formula is C26H22N2O2. The average Bonchev–Trinajstić information content (AvgIpc) is 2.84. The van der Waals surface area contributed by atoms with E-state index in [0.29, 0.717) is 31.9 Å². The number of nitrogens with zero attached hydrogens (tertiary/aromatic N) is 2. The zero-order valence-corrected chi connectivity index (χ0v) is 16.6. The van der Waals surface area contributed by atoms with Gasteiger partial charge in [0, 0.05) is 30.2 Å². The van der Waals surface area contributed by atoms with Crippen molar-refractivity contribution in [3.8, 4) is 22.3 Å². The van der Waals surface area contributed by atoms with E-state index in [1.807, 2.05) is 53.6 Å². The molecule has 0 saturated carbocycles. The van der Waals surface area contributed by atoms with Crippen LogP contribution >= 0.6 is 0 Å². The molecule has 1 saturated heterocycles. The molecule has 2 heterocycles. The molecule has 1 aliphatic heterocycles. The molecule has 1 aromatic heterocycles. The van der Waals surface area contributed by atoms with Crippen molar-refractivity contribution in [2.45, 2.75) is 0 Å². The number of carbonyl (C=O) groups excluding carboxylic acids is 1. The minimum Gasteiger partial charge on any atom is -0.378 e. The maximum atomic E-state index is 13.0. The number of fused-ring (bicyclic) bond motifs is 1. The van der Waals surface area contributed by atoms with Crippen LogP contribution in [0.1, 0.15) is 10.4 Å². The number of pyridine rings is 1. The molecule has 0 bridgehead atoms. The lowest BCUT2D eigenvalue weighted by molar-refractivity contribution is 0.0303. The van der Waals surface area contributed by atoms with E-state index in [1.54, 1.807) is 0 Å². The quantitative estimate of drug-likeness (QED) is 0.489. The standard InChI is InChI=1S/C26H22N2O2/c29-26(28-13-15-30-16-14-28)22-9-10-25-24(18-22)23(11-12-27-25)21-8-4-7-20(17-21)19-5-2-1-3-6-19/h1-12,17-18H,13-16H2. The van der Waals surface area contributed by atoms with Crippen LogP contribution < -0.4 is 0 Å². The smallest absolute Gasteiger partial charge is 0.254 e. The summed E-state index contributed by atoms with van der Waals surface area (Å²) in [4.78, 5) is 19.4. The molecule has 4 heteroatoms. The second kappa shape index (κ2) is 8.09. The van der Waals surface area contributed by atoms with E-state index in [4.69, 9.17) is 4.74 Å². The van der Waals surface area contributed by atoms with E-state index in [0.717, 1.165) is 22.0 Å². The topological polar surface area (TPSA) is 42.4 Å². The predicted octanol–water partition coefficient (Wildman–Crippen LogP) is 5.04. The molecule has 1 fully saturated rings. The van der Waals surface area contributed by atoms with Crippen LogP contribution in [-0.2, 0) is 4.74 Å². The van der Waals surface area contributed by atoms with E-state index >= 15 is 0 Å². The minimum absolute atomic E-state index is 0.0491. The van der Waals surface area contributed by atoms with Gasteiger partial charge in [0.1, 0.15) is 0 Å². The lowest BCUT2D eigenvalue weighted by Gasteiger charge is -2.27. The number of benzene rings is 3. The van der Waals surface area contributed by atoms with Crippen molar-refractivity contribution in [1.82, 2.24) is 9.88 Å². The molecule has 3 aromatic carbocycles. The van der Waals surface area contributed by atoms with Crippen LogP contribution in [0.4, 0.5) is 0 Å². The van der Waals surface area contributed by atoms with E-state index in [1.165, 1.54) is 11.1 Å². The van der Waals surface area contributed by atoms with Gasteiger partial charge in [-0.05, 0) is 52.6 Å². The van der Waals surface area contributed by atoms with Gasteiger partial charge in [0.25, 0.3) is 5.91 Å². The van der Waals surface area contributed by atoms with Crippen LogP contribution in [0.2, 0.25) is 0 Å². The molecule has 5 rings (SSSR count). The molecule has 0 aliphatic carbocycles. The van der Waals surface area contributed by atoms with Crippen molar-refractivity contribution >= 4 is 16.8 Å². The summed E-state index contributed by atoms with van der Waals surface area (Å²) in [5.74, 6) is 0.0491. The van der Waals surface area contributed by atoms with Crippen LogP contribution in [0.3, 0.4) is 0 Å². The number of carbonyl (C=O) groups is 1. The Bertz CT molecular complexity index is 1200. The first kappa shape index (κ1) is 18.5. The fraction of sp³-hybridized carbons (Fsp3) is 0.154. The van der Waals surface area contributed by atoms with E-state index in [2.05, 4.69) is 41.4 Å². The van der Waals surface area contributed by atoms with Crippen LogP contribution in [0.15, 0.2) is 85.1 Å². The van der Waals surface area contributed by atoms with Gasteiger partial charge in [-0.2, -0.15) is 0 Å². The first-order chi connectivity index (χ1) is 14.8. The zero-order chi connectivity index (χ0) is 20.3. The van der Waals surface area contributed by atoms with Gasteiger partial charge in [0.05, 0.1) is 18.7 Å². The van der Waals surface area contributed by atoms with Gasteiger partial charge in [-0.1, -0.05) is 48.5 Å². The summed E-state index contributed by atoms with van der Waals surface area (Å²) < 4.78 is 5.38. The van der Waals surface area contributed by atoms with Crippen LogP contribution in [0, 0.1) is 0 Å². The summed E-state index contributed by atoms with van der Waals surface area (Å²) in [5, 5.41) is 0.988. The molecule has 4 aromatic rings. The largest absolute Gasteiger partial charge is 0.378 e. The maximum absolute atomic E-state index is 13.0. The van der Waals surface area contributed by atoms with Crippen molar-refractivity contribution in [3.05, 3.63) is 90.6 Å². The van der Waals surface area contributed by atoms with Gasteiger partial charge in [-0.25, -0.2) is 0 Å². The van der Waals surface area contributed by atoms with Gasteiger partial charge in [0.15, 0.2) is 0 Å². The molecule has 4 nitrogen and oxygen atoms in total. The van der Waals surface area contributed by atoms with Gasteiger partial charge in [0.2, 0.25) is 0 Å². The van der Waals surface area contributed by atoms with E-state index in [9.17, 15) is 4.79 Å². The van der Waals surface area contributed by atoms with Crippen molar-refractivity contribution in [1.29, 1.82) is 0 Å². The second-order valence-electron chi connectivity index (χ2n) is 7.44. The number of aromatic nitrogens is 1. The van der Waals surface area contributed by atoms with Gasteiger partial charge >= 0.3 is 0 Å². The third-order valence-electron chi connectivity index (χ3n) is 5.57. The number of hydrogen-bond acceptors (Lipinski definition) is 3.